The Morgan fingerprint density at radius 3 is 2.79 bits per heavy atom. The molecule has 1 aliphatic carbocycles. The standard InChI is InChI=1S/C28H44ClN7O2/c1-31-18-25(16-21-8-4-3-5-9-21)35-28(37)36-14-7-11-23(19-36)26(22-10-6-12-24(29)17-22)38-15-13-33-27(32-2)34-20-30/h6,10,12,17,21,23,25-26,31H,3-5,7-9,11,13-16,18-19H2,1-2H3,(H,35,37)(H2,32,33,34)/t23-,25+,26-/m0/s1. The van der Waals surface area contributed by atoms with E-state index in [0.717, 1.165) is 37.9 Å². The van der Waals surface area contributed by atoms with E-state index in [2.05, 4.69) is 26.3 Å². The Bertz CT molecular complexity index is 932. The van der Waals surface area contributed by atoms with E-state index in [1.54, 1.807) is 7.05 Å². The van der Waals surface area contributed by atoms with Crippen molar-refractivity contribution in [1.29, 1.82) is 5.26 Å². The molecule has 3 rings (SSSR count). The number of urea groups is 1. The fourth-order valence-corrected chi connectivity index (χ4v) is 5.95. The summed E-state index contributed by atoms with van der Waals surface area (Å²) in [5, 5.41) is 21.7. The van der Waals surface area contributed by atoms with Gasteiger partial charge in [0.25, 0.3) is 0 Å². The van der Waals surface area contributed by atoms with Crippen LogP contribution in [0.15, 0.2) is 29.3 Å². The van der Waals surface area contributed by atoms with Crippen LogP contribution in [0.2, 0.25) is 5.02 Å². The van der Waals surface area contributed by atoms with Gasteiger partial charge in [0.15, 0.2) is 6.19 Å². The molecule has 10 heteroatoms. The van der Waals surface area contributed by atoms with E-state index in [-0.39, 0.29) is 24.1 Å². The lowest BCUT2D eigenvalue weighted by molar-refractivity contribution is -0.00775. The van der Waals surface area contributed by atoms with Crippen molar-refractivity contribution in [2.24, 2.45) is 16.8 Å². The minimum absolute atomic E-state index is 0.0173. The summed E-state index contributed by atoms with van der Waals surface area (Å²) in [7, 11) is 3.56. The lowest BCUT2D eigenvalue weighted by atomic mass is 9.85. The summed E-state index contributed by atoms with van der Waals surface area (Å²) >= 11 is 6.33. The van der Waals surface area contributed by atoms with Gasteiger partial charge in [-0.1, -0.05) is 55.8 Å². The number of piperidine rings is 1. The van der Waals surface area contributed by atoms with Crippen LogP contribution in [0, 0.1) is 23.3 Å². The minimum Gasteiger partial charge on any atom is -0.371 e. The number of amides is 2. The zero-order valence-electron chi connectivity index (χ0n) is 22.8. The van der Waals surface area contributed by atoms with Crippen LogP contribution in [0.3, 0.4) is 0 Å². The number of likely N-dealkylation sites (tertiary alicyclic amines) is 1. The second kappa shape index (κ2) is 16.4. The van der Waals surface area contributed by atoms with Gasteiger partial charge < -0.3 is 25.6 Å². The third kappa shape index (κ3) is 9.64. The summed E-state index contributed by atoms with van der Waals surface area (Å²) in [4.78, 5) is 19.3. The molecule has 0 unspecified atom stereocenters. The summed E-state index contributed by atoms with van der Waals surface area (Å²) in [6, 6.07) is 7.93. The van der Waals surface area contributed by atoms with Gasteiger partial charge in [0.05, 0.1) is 12.7 Å². The summed E-state index contributed by atoms with van der Waals surface area (Å²) in [5.41, 5.74) is 1.01. The first-order chi connectivity index (χ1) is 18.5. The Hall–Kier alpha value is -2.54. The summed E-state index contributed by atoms with van der Waals surface area (Å²) in [6.45, 7) is 3.06. The smallest absolute Gasteiger partial charge is 0.317 e. The van der Waals surface area contributed by atoms with Gasteiger partial charge in [0, 0.05) is 50.2 Å². The molecule has 1 aromatic rings. The van der Waals surface area contributed by atoms with Gasteiger partial charge in [-0.05, 0) is 49.9 Å². The number of aliphatic imine (C=N–C) groups is 1. The van der Waals surface area contributed by atoms with Gasteiger partial charge in [-0.25, -0.2) is 4.79 Å². The van der Waals surface area contributed by atoms with Crippen molar-refractivity contribution in [3.05, 3.63) is 34.9 Å². The third-order valence-electron chi connectivity index (χ3n) is 7.56. The van der Waals surface area contributed by atoms with Crippen LogP contribution in [0.25, 0.3) is 0 Å². The lowest BCUT2D eigenvalue weighted by Gasteiger charge is -2.38. The molecule has 1 heterocycles. The van der Waals surface area contributed by atoms with E-state index >= 15 is 0 Å². The van der Waals surface area contributed by atoms with Crippen LogP contribution in [0.1, 0.15) is 63.0 Å². The fraction of sp³-hybridized carbons (Fsp3) is 0.679. The van der Waals surface area contributed by atoms with Gasteiger partial charge in [-0.3, -0.25) is 10.3 Å². The predicted molar refractivity (Wildman–Crippen MR) is 152 cm³/mol. The van der Waals surface area contributed by atoms with Crippen molar-refractivity contribution in [2.45, 2.75) is 63.5 Å². The molecule has 1 aliphatic heterocycles. The molecule has 2 aliphatic rings. The number of ether oxygens (including phenoxy) is 1. The molecule has 1 aromatic carbocycles. The first-order valence-corrected chi connectivity index (χ1v) is 14.3. The summed E-state index contributed by atoms with van der Waals surface area (Å²) in [6.07, 6.45) is 11.1. The van der Waals surface area contributed by atoms with E-state index in [1.807, 2.05) is 42.4 Å². The molecule has 0 radical (unpaired) electrons. The van der Waals surface area contributed by atoms with E-state index < -0.39 is 0 Å². The number of nitrogens with one attached hydrogen (secondary N) is 4. The van der Waals surface area contributed by atoms with E-state index in [0.29, 0.717) is 36.6 Å². The maximum absolute atomic E-state index is 13.4. The van der Waals surface area contributed by atoms with E-state index in [1.165, 1.54) is 32.1 Å². The monoisotopic (exact) mass is 545 g/mol. The number of carbonyl (C=O) groups excluding carboxylic acids is 1. The van der Waals surface area contributed by atoms with Crippen molar-refractivity contribution >= 4 is 23.6 Å². The molecule has 2 fully saturated rings. The van der Waals surface area contributed by atoms with Crippen LogP contribution >= 0.6 is 11.6 Å². The highest BCUT2D eigenvalue weighted by Crippen LogP contribution is 2.34. The number of benzene rings is 1. The second-order valence-corrected chi connectivity index (χ2v) is 10.8. The molecule has 0 bridgehead atoms. The quantitative estimate of drug-likeness (QED) is 0.110. The number of carbonyl (C=O) groups is 1. The number of hydrogen-bond donors (Lipinski definition) is 4. The van der Waals surface area contributed by atoms with Gasteiger partial charge >= 0.3 is 6.03 Å². The number of likely N-dealkylation sites (N-methyl/N-ethyl adjacent to an activating group) is 1. The molecule has 4 N–H and O–H groups in total. The maximum atomic E-state index is 13.4. The van der Waals surface area contributed by atoms with Crippen LogP contribution in [-0.2, 0) is 4.74 Å². The molecule has 0 spiro atoms. The molecule has 2 amide bonds. The number of nitriles is 1. The van der Waals surface area contributed by atoms with Crippen LogP contribution in [0.5, 0.6) is 0 Å². The van der Waals surface area contributed by atoms with Crippen LogP contribution in [-0.4, -0.2) is 69.8 Å². The Kier molecular flexibility index (Phi) is 13.0. The number of halogens is 1. The highest BCUT2D eigenvalue weighted by molar-refractivity contribution is 6.30. The Morgan fingerprint density at radius 1 is 1.26 bits per heavy atom. The topological polar surface area (TPSA) is 114 Å². The zero-order valence-corrected chi connectivity index (χ0v) is 23.6. The van der Waals surface area contributed by atoms with Crippen LogP contribution < -0.4 is 21.3 Å². The Morgan fingerprint density at radius 2 is 2.08 bits per heavy atom. The third-order valence-corrected chi connectivity index (χ3v) is 7.80. The van der Waals surface area contributed by atoms with Crippen LogP contribution in [0.4, 0.5) is 4.79 Å². The van der Waals surface area contributed by atoms with Gasteiger partial charge in [-0.15, -0.1) is 0 Å². The fourth-order valence-electron chi connectivity index (χ4n) is 5.75. The number of rotatable bonds is 11. The molecule has 1 saturated heterocycles. The first-order valence-electron chi connectivity index (χ1n) is 14.0. The van der Waals surface area contributed by atoms with Crippen molar-refractivity contribution in [2.75, 3.05) is 46.9 Å². The molecule has 38 heavy (non-hydrogen) atoms. The van der Waals surface area contributed by atoms with Gasteiger partial charge in [-0.2, -0.15) is 5.26 Å². The summed E-state index contributed by atoms with van der Waals surface area (Å²) in [5.74, 6) is 1.25. The Balaban J connectivity index is 1.62. The summed E-state index contributed by atoms with van der Waals surface area (Å²) < 4.78 is 6.39. The van der Waals surface area contributed by atoms with Crippen molar-refractivity contribution in [3.8, 4) is 6.19 Å². The number of guanidine groups is 1. The van der Waals surface area contributed by atoms with E-state index in [4.69, 9.17) is 21.6 Å². The highest BCUT2D eigenvalue weighted by atomic mass is 35.5. The van der Waals surface area contributed by atoms with Gasteiger partial charge in [0.1, 0.15) is 0 Å². The lowest BCUT2D eigenvalue weighted by Crippen LogP contribution is -2.52. The van der Waals surface area contributed by atoms with Crippen molar-refractivity contribution < 1.29 is 9.53 Å². The van der Waals surface area contributed by atoms with Crippen molar-refractivity contribution in [3.63, 3.8) is 0 Å². The number of nitrogens with zero attached hydrogens (tertiary/aromatic N) is 3. The molecule has 3 atom stereocenters. The normalized spacial score (nSPS) is 20.3. The van der Waals surface area contributed by atoms with Gasteiger partial charge in [0.2, 0.25) is 5.96 Å². The molecular formula is C28H44ClN7O2. The molecule has 9 nitrogen and oxygen atoms in total. The number of hydrogen-bond acceptors (Lipinski definition) is 5. The van der Waals surface area contributed by atoms with E-state index in [9.17, 15) is 4.79 Å². The Labute approximate surface area is 232 Å². The van der Waals surface area contributed by atoms with Crippen molar-refractivity contribution in [1.82, 2.24) is 26.2 Å². The first kappa shape index (κ1) is 30.0. The average Bonchev–Trinajstić information content (AvgIpc) is 2.93. The molecule has 210 valence electrons. The highest BCUT2D eigenvalue weighted by Gasteiger charge is 2.32. The largest absolute Gasteiger partial charge is 0.371 e. The minimum atomic E-state index is -0.201. The average molecular weight is 546 g/mol. The molecular weight excluding hydrogens is 502 g/mol. The second-order valence-electron chi connectivity index (χ2n) is 10.4. The maximum Gasteiger partial charge on any atom is 0.317 e. The predicted octanol–water partition coefficient (Wildman–Crippen LogP) is 4.02. The molecule has 1 saturated carbocycles. The molecule has 0 aromatic heterocycles. The zero-order chi connectivity index (χ0) is 27.2. The SMILES string of the molecule is CN=C(NC#N)NCCO[C@@H](c1cccc(Cl)c1)[C@H]1CCCN(C(=O)N[C@@H](CNC)CC2CCCCC2)C1.